The fourth-order valence-corrected chi connectivity index (χ4v) is 4.47. The van der Waals surface area contributed by atoms with E-state index in [1.54, 1.807) is 17.0 Å². The molecule has 5 rings (SSSR count). The third kappa shape index (κ3) is 4.31. The summed E-state index contributed by atoms with van der Waals surface area (Å²) in [7, 11) is 0. The molecular weight excluding hydrogens is 441 g/mol. The van der Waals surface area contributed by atoms with Crippen LogP contribution in [-0.4, -0.2) is 28.6 Å². The molecule has 1 amide bonds. The smallest absolute Gasteiger partial charge is 0.227 e. The number of imidazole rings is 1. The van der Waals surface area contributed by atoms with Crippen molar-refractivity contribution < 1.29 is 13.9 Å². The number of aryl methyl sites for hydroxylation is 1. The first-order chi connectivity index (χ1) is 16.0. The number of aromatic nitrogens is 2. The van der Waals surface area contributed by atoms with Crippen molar-refractivity contribution >= 4 is 34.2 Å². The summed E-state index contributed by atoms with van der Waals surface area (Å²) < 4.78 is 21.5. The molecule has 0 aliphatic carbocycles. The highest BCUT2D eigenvalue weighted by molar-refractivity contribution is 6.31. The number of halogens is 2. The van der Waals surface area contributed by atoms with Crippen molar-refractivity contribution in [2.45, 2.75) is 25.8 Å². The molecule has 4 aromatic rings. The number of rotatable bonds is 6. The van der Waals surface area contributed by atoms with Crippen LogP contribution >= 0.6 is 11.6 Å². The Morgan fingerprint density at radius 1 is 1.12 bits per heavy atom. The molecule has 0 radical (unpaired) electrons. The highest BCUT2D eigenvalue weighted by Crippen LogP contribution is 2.33. The van der Waals surface area contributed by atoms with Crippen molar-refractivity contribution in [2.24, 2.45) is 0 Å². The van der Waals surface area contributed by atoms with Gasteiger partial charge in [-0.25, -0.2) is 9.37 Å². The van der Waals surface area contributed by atoms with Gasteiger partial charge >= 0.3 is 0 Å². The third-order valence-electron chi connectivity index (χ3n) is 6.03. The highest BCUT2D eigenvalue weighted by Gasteiger charge is 2.34. The summed E-state index contributed by atoms with van der Waals surface area (Å²) in [5.41, 5.74) is 3.57. The molecule has 0 spiro atoms. The second kappa shape index (κ2) is 8.87. The Balaban J connectivity index is 1.39. The van der Waals surface area contributed by atoms with E-state index in [-0.39, 0.29) is 17.6 Å². The minimum Gasteiger partial charge on any atom is -0.492 e. The van der Waals surface area contributed by atoms with Crippen LogP contribution in [0.15, 0.2) is 66.7 Å². The van der Waals surface area contributed by atoms with E-state index in [9.17, 15) is 9.18 Å². The SMILES string of the molecule is Cc1cc(OCCn2c(C3CC(=O)N(c4ccc(F)cc4)C3)nc3ccccc32)ccc1Cl. The molecule has 1 fully saturated rings. The molecule has 1 aliphatic heterocycles. The lowest BCUT2D eigenvalue weighted by molar-refractivity contribution is -0.117. The number of carbonyl (C=O) groups excluding carboxylic acids is 1. The van der Waals surface area contributed by atoms with Gasteiger partial charge in [0.15, 0.2) is 0 Å². The maximum absolute atomic E-state index is 13.3. The van der Waals surface area contributed by atoms with Crippen molar-refractivity contribution in [3.05, 3.63) is 89.0 Å². The van der Waals surface area contributed by atoms with E-state index < -0.39 is 0 Å². The molecular formula is C26H23ClFN3O2. The zero-order valence-electron chi connectivity index (χ0n) is 18.2. The van der Waals surface area contributed by atoms with E-state index in [0.717, 1.165) is 28.2 Å². The molecule has 5 nitrogen and oxygen atoms in total. The number of fused-ring (bicyclic) bond motifs is 1. The minimum atomic E-state index is -0.320. The van der Waals surface area contributed by atoms with Gasteiger partial charge in [0.1, 0.15) is 24.0 Å². The van der Waals surface area contributed by atoms with Gasteiger partial charge in [0, 0.05) is 29.6 Å². The number of nitrogens with zero attached hydrogens (tertiary/aromatic N) is 3. The van der Waals surface area contributed by atoms with Gasteiger partial charge in [-0.1, -0.05) is 23.7 Å². The predicted molar refractivity (Wildman–Crippen MR) is 128 cm³/mol. The number of para-hydroxylation sites is 2. The van der Waals surface area contributed by atoms with E-state index in [4.69, 9.17) is 21.3 Å². The van der Waals surface area contributed by atoms with E-state index in [1.807, 2.05) is 49.4 Å². The second-order valence-corrected chi connectivity index (χ2v) is 8.66. The average Bonchev–Trinajstić information content (AvgIpc) is 3.37. The van der Waals surface area contributed by atoms with Crippen molar-refractivity contribution in [1.82, 2.24) is 9.55 Å². The fourth-order valence-electron chi connectivity index (χ4n) is 4.35. The molecule has 1 aromatic heterocycles. The van der Waals surface area contributed by atoms with Crippen molar-refractivity contribution in [1.29, 1.82) is 0 Å². The quantitative estimate of drug-likeness (QED) is 0.366. The molecule has 0 bridgehead atoms. The Morgan fingerprint density at radius 2 is 1.91 bits per heavy atom. The molecule has 168 valence electrons. The van der Waals surface area contributed by atoms with Crippen LogP contribution in [0.4, 0.5) is 10.1 Å². The van der Waals surface area contributed by atoms with Gasteiger partial charge in [0.2, 0.25) is 5.91 Å². The predicted octanol–water partition coefficient (Wildman–Crippen LogP) is 5.74. The number of anilines is 1. The van der Waals surface area contributed by atoms with Crippen LogP contribution in [0.25, 0.3) is 11.0 Å². The van der Waals surface area contributed by atoms with E-state index in [0.29, 0.717) is 36.8 Å². The molecule has 7 heteroatoms. The Hall–Kier alpha value is -3.38. The van der Waals surface area contributed by atoms with Gasteiger partial charge in [-0.2, -0.15) is 0 Å². The summed E-state index contributed by atoms with van der Waals surface area (Å²) in [6.07, 6.45) is 0.359. The maximum atomic E-state index is 13.3. The van der Waals surface area contributed by atoms with Gasteiger partial charge in [0.05, 0.1) is 17.6 Å². The van der Waals surface area contributed by atoms with Crippen LogP contribution < -0.4 is 9.64 Å². The molecule has 1 saturated heterocycles. The topological polar surface area (TPSA) is 47.4 Å². The first kappa shape index (κ1) is 21.5. The molecule has 0 saturated carbocycles. The van der Waals surface area contributed by atoms with E-state index >= 15 is 0 Å². The van der Waals surface area contributed by atoms with Crippen LogP contribution in [0.5, 0.6) is 5.75 Å². The molecule has 1 aliphatic rings. The lowest BCUT2D eigenvalue weighted by atomic mass is 10.1. The number of ether oxygens (including phenoxy) is 1. The monoisotopic (exact) mass is 463 g/mol. The number of benzene rings is 3. The largest absolute Gasteiger partial charge is 0.492 e. The molecule has 1 unspecified atom stereocenters. The van der Waals surface area contributed by atoms with Crippen LogP contribution in [0, 0.1) is 12.7 Å². The normalized spacial score (nSPS) is 16.0. The summed E-state index contributed by atoms with van der Waals surface area (Å²) in [5, 5.41) is 0.710. The molecule has 33 heavy (non-hydrogen) atoms. The first-order valence-corrected chi connectivity index (χ1v) is 11.3. The van der Waals surface area contributed by atoms with Gasteiger partial charge in [-0.05, 0) is 67.1 Å². The number of carbonyl (C=O) groups is 1. The van der Waals surface area contributed by atoms with Gasteiger partial charge in [-0.15, -0.1) is 0 Å². The second-order valence-electron chi connectivity index (χ2n) is 8.25. The summed E-state index contributed by atoms with van der Waals surface area (Å²) >= 11 is 6.11. The summed E-state index contributed by atoms with van der Waals surface area (Å²) in [5.74, 6) is 1.26. The highest BCUT2D eigenvalue weighted by atomic mass is 35.5. The summed E-state index contributed by atoms with van der Waals surface area (Å²) in [4.78, 5) is 19.4. The van der Waals surface area contributed by atoms with Crippen molar-refractivity contribution in [3.63, 3.8) is 0 Å². The first-order valence-electron chi connectivity index (χ1n) is 10.9. The van der Waals surface area contributed by atoms with Gasteiger partial charge < -0.3 is 14.2 Å². The Labute approximate surface area is 196 Å². The van der Waals surface area contributed by atoms with Crippen LogP contribution in [0.2, 0.25) is 5.02 Å². The molecule has 2 heterocycles. The Kier molecular flexibility index (Phi) is 5.77. The number of hydrogen-bond acceptors (Lipinski definition) is 3. The van der Waals surface area contributed by atoms with Crippen molar-refractivity contribution in [2.75, 3.05) is 18.1 Å². The molecule has 3 aromatic carbocycles. The maximum Gasteiger partial charge on any atom is 0.227 e. The van der Waals surface area contributed by atoms with Gasteiger partial charge in [-0.3, -0.25) is 4.79 Å². The van der Waals surface area contributed by atoms with Crippen molar-refractivity contribution in [3.8, 4) is 5.75 Å². The fraction of sp³-hybridized carbons (Fsp3) is 0.231. The molecule has 1 atom stereocenters. The van der Waals surface area contributed by atoms with Crippen LogP contribution in [0.1, 0.15) is 23.7 Å². The van der Waals surface area contributed by atoms with Crippen LogP contribution in [-0.2, 0) is 11.3 Å². The van der Waals surface area contributed by atoms with E-state index in [2.05, 4.69) is 4.57 Å². The average molecular weight is 464 g/mol. The lowest BCUT2D eigenvalue weighted by Gasteiger charge is -2.17. The van der Waals surface area contributed by atoms with E-state index in [1.165, 1.54) is 12.1 Å². The summed E-state index contributed by atoms with van der Waals surface area (Å²) in [6.45, 7) is 3.50. The van der Waals surface area contributed by atoms with Gasteiger partial charge in [0.25, 0.3) is 0 Å². The number of amides is 1. The zero-order chi connectivity index (χ0) is 22.9. The third-order valence-corrected chi connectivity index (χ3v) is 6.45. The molecule has 0 N–H and O–H groups in total. The minimum absolute atomic E-state index is 0.0121. The van der Waals surface area contributed by atoms with Crippen LogP contribution in [0.3, 0.4) is 0 Å². The lowest BCUT2D eigenvalue weighted by Crippen LogP contribution is -2.24. The Morgan fingerprint density at radius 3 is 2.70 bits per heavy atom. The number of hydrogen-bond donors (Lipinski definition) is 0. The Bertz CT molecular complexity index is 1320. The zero-order valence-corrected chi connectivity index (χ0v) is 18.9. The summed E-state index contributed by atoms with van der Waals surface area (Å²) in [6, 6.07) is 19.6. The standard InChI is InChI=1S/C26H23ClFN3O2/c1-17-14-21(10-11-22(17)27)33-13-12-30-24-5-3-2-4-23(24)29-26(30)18-15-25(32)31(16-18)20-8-6-19(28)7-9-20/h2-11,14,18H,12-13,15-16H2,1H3.